The van der Waals surface area contributed by atoms with Gasteiger partial charge in [0.15, 0.2) is 9.84 Å². The third-order valence-corrected chi connectivity index (χ3v) is 6.42. The number of hydrogen-bond acceptors (Lipinski definition) is 5. The van der Waals surface area contributed by atoms with E-state index in [1.807, 2.05) is 11.9 Å². The highest BCUT2D eigenvalue weighted by Crippen LogP contribution is 2.16. The van der Waals surface area contributed by atoms with Crippen LogP contribution in [0.3, 0.4) is 0 Å². The van der Waals surface area contributed by atoms with Gasteiger partial charge >= 0.3 is 0 Å². The Bertz CT molecular complexity index is 459. The maximum atomic E-state index is 12.0. The molecule has 0 aromatic rings. The molecule has 6 nitrogen and oxygen atoms in total. The Labute approximate surface area is 134 Å². The molecule has 1 amide bonds. The number of sulfone groups is 1. The molecule has 0 spiro atoms. The van der Waals surface area contributed by atoms with Crippen molar-refractivity contribution >= 4 is 15.7 Å². The monoisotopic (exact) mass is 331 g/mol. The molecule has 1 atom stereocenters. The first kappa shape index (κ1) is 17.7. The molecule has 22 heavy (non-hydrogen) atoms. The maximum absolute atomic E-state index is 12.0. The van der Waals surface area contributed by atoms with Gasteiger partial charge in [0, 0.05) is 19.1 Å². The lowest BCUT2D eigenvalue weighted by molar-refractivity contribution is -0.122. The average molecular weight is 331 g/mol. The molecule has 0 bridgehead atoms. The van der Waals surface area contributed by atoms with Gasteiger partial charge in [0.1, 0.15) is 0 Å². The molecule has 0 saturated carbocycles. The fourth-order valence-electron chi connectivity index (χ4n) is 3.25. The normalized spacial score (nSPS) is 26.0. The van der Waals surface area contributed by atoms with Crippen molar-refractivity contribution in [3.05, 3.63) is 0 Å². The Balaban J connectivity index is 1.63. The number of rotatable bonds is 6. The SMILES string of the molecule is CN(CC(=O)NCCN1CCCCCC1)C1CCS(=O)(=O)C1. The van der Waals surface area contributed by atoms with E-state index >= 15 is 0 Å². The van der Waals surface area contributed by atoms with E-state index in [0.717, 1.165) is 19.6 Å². The lowest BCUT2D eigenvalue weighted by Crippen LogP contribution is -2.43. The van der Waals surface area contributed by atoms with Crippen molar-refractivity contribution in [2.75, 3.05) is 51.3 Å². The molecule has 0 aliphatic carbocycles. The highest BCUT2D eigenvalue weighted by Gasteiger charge is 2.31. The summed E-state index contributed by atoms with van der Waals surface area (Å²) in [5, 5.41) is 2.95. The summed E-state index contributed by atoms with van der Waals surface area (Å²) in [6.07, 6.45) is 5.79. The summed E-state index contributed by atoms with van der Waals surface area (Å²) in [5.41, 5.74) is 0. The number of nitrogens with one attached hydrogen (secondary N) is 1. The Morgan fingerprint density at radius 2 is 1.91 bits per heavy atom. The zero-order valence-electron chi connectivity index (χ0n) is 13.6. The van der Waals surface area contributed by atoms with Gasteiger partial charge in [0.25, 0.3) is 0 Å². The van der Waals surface area contributed by atoms with Crippen molar-refractivity contribution in [2.45, 2.75) is 38.1 Å². The second-order valence-corrected chi connectivity index (χ2v) is 8.81. The van der Waals surface area contributed by atoms with E-state index < -0.39 is 9.84 Å². The smallest absolute Gasteiger partial charge is 0.234 e. The molecule has 2 saturated heterocycles. The largest absolute Gasteiger partial charge is 0.354 e. The van der Waals surface area contributed by atoms with E-state index in [2.05, 4.69) is 10.2 Å². The topological polar surface area (TPSA) is 69.7 Å². The first-order valence-electron chi connectivity index (χ1n) is 8.36. The van der Waals surface area contributed by atoms with Crippen LogP contribution in [0, 0.1) is 0 Å². The fourth-order valence-corrected chi connectivity index (χ4v) is 5.05. The molecular weight excluding hydrogens is 302 g/mol. The standard InChI is InChI=1S/C15H29N3O3S/c1-17(14-6-11-22(20,21)13-14)12-15(19)16-7-10-18-8-4-2-3-5-9-18/h14H,2-13H2,1H3,(H,16,19). The summed E-state index contributed by atoms with van der Waals surface area (Å²) in [6, 6.07) is -0.0126. The van der Waals surface area contributed by atoms with Crippen LogP contribution in [0.15, 0.2) is 0 Å². The van der Waals surface area contributed by atoms with Crippen LogP contribution in [0.2, 0.25) is 0 Å². The Kier molecular flexibility index (Phi) is 6.65. The van der Waals surface area contributed by atoms with E-state index in [1.165, 1.54) is 25.7 Å². The van der Waals surface area contributed by atoms with Crippen LogP contribution < -0.4 is 5.32 Å². The van der Waals surface area contributed by atoms with Gasteiger partial charge < -0.3 is 10.2 Å². The van der Waals surface area contributed by atoms with Gasteiger partial charge in [-0.2, -0.15) is 0 Å². The maximum Gasteiger partial charge on any atom is 0.234 e. The first-order valence-corrected chi connectivity index (χ1v) is 10.2. The molecule has 7 heteroatoms. The molecule has 2 aliphatic rings. The number of nitrogens with zero attached hydrogens (tertiary/aromatic N) is 2. The molecule has 0 radical (unpaired) electrons. The number of carbonyl (C=O) groups excluding carboxylic acids is 1. The molecule has 1 N–H and O–H groups in total. The third kappa shape index (κ3) is 5.85. The molecule has 1 unspecified atom stereocenters. The minimum absolute atomic E-state index is 0.0124. The third-order valence-electron chi connectivity index (χ3n) is 4.67. The molecule has 128 valence electrons. The van der Waals surface area contributed by atoms with Crippen LogP contribution in [0.1, 0.15) is 32.1 Å². The van der Waals surface area contributed by atoms with Gasteiger partial charge in [-0.05, 0) is 39.4 Å². The average Bonchev–Trinajstić information content (AvgIpc) is 2.66. The minimum Gasteiger partial charge on any atom is -0.354 e. The van der Waals surface area contributed by atoms with E-state index in [9.17, 15) is 13.2 Å². The second kappa shape index (κ2) is 8.26. The molecule has 0 aromatic carbocycles. The molecule has 2 heterocycles. The van der Waals surface area contributed by atoms with Crippen molar-refractivity contribution in [1.82, 2.24) is 15.1 Å². The molecule has 2 fully saturated rings. The van der Waals surface area contributed by atoms with Gasteiger partial charge in [0.2, 0.25) is 5.91 Å². The highest BCUT2D eigenvalue weighted by atomic mass is 32.2. The van der Waals surface area contributed by atoms with Crippen molar-refractivity contribution in [3.8, 4) is 0 Å². The van der Waals surface area contributed by atoms with Crippen LogP contribution in [0.25, 0.3) is 0 Å². The summed E-state index contributed by atoms with van der Waals surface area (Å²) >= 11 is 0. The number of hydrogen-bond donors (Lipinski definition) is 1. The zero-order valence-corrected chi connectivity index (χ0v) is 14.4. The van der Waals surface area contributed by atoms with Gasteiger partial charge in [-0.3, -0.25) is 9.69 Å². The fraction of sp³-hybridized carbons (Fsp3) is 0.933. The summed E-state index contributed by atoms with van der Waals surface area (Å²) in [4.78, 5) is 16.2. The summed E-state index contributed by atoms with van der Waals surface area (Å²) in [6.45, 7) is 4.13. The Morgan fingerprint density at radius 1 is 1.23 bits per heavy atom. The number of amides is 1. The van der Waals surface area contributed by atoms with Crippen molar-refractivity contribution < 1.29 is 13.2 Å². The Morgan fingerprint density at radius 3 is 2.50 bits per heavy atom. The van der Waals surface area contributed by atoms with E-state index in [4.69, 9.17) is 0 Å². The van der Waals surface area contributed by atoms with E-state index in [-0.39, 0.29) is 30.0 Å². The number of likely N-dealkylation sites (N-methyl/N-ethyl adjacent to an activating group) is 1. The summed E-state index contributed by atoms with van der Waals surface area (Å²) in [5.74, 6) is 0.421. The van der Waals surface area contributed by atoms with Crippen LogP contribution in [0.4, 0.5) is 0 Å². The second-order valence-electron chi connectivity index (χ2n) is 6.58. The van der Waals surface area contributed by atoms with Crippen LogP contribution in [-0.2, 0) is 14.6 Å². The highest BCUT2D eigenvalue weighted by molar-refractivity contribution is 7.91. The predicted molar refractivity (Wildman–Crippen MR) is 87.6 cm³/mol. The van der Waals surface area contributed by atoms with Crippen molar-refractivity contribution in [2.24, 2.45) is 0 Å². The quantitative estimate of drug-likeness (QED) is 0.747. The molecular formula is C15H29N3O3S. The van der Waals surface area contributed by atoms with Crippen LogP contribution in [0.5, 0.6) is 0 Å². The van der Waals surface area contributed by atoms with Gasteiger partial charge in [-0.15, -0.1) is 0 Å². The lowest BCUT2D eigenvalue weighted by atomic mass is 10.2. The number of carbonyl (C=O) groups is 1. The van der Waals surface area contributed by atoms with E-state index in [1.54, 1.807) is 0 Å². The summed E-state index contributed by atoms with van der Waals surface area (Å²) in [7, 11) is -1.06. The number of likely N-dealkylation sites (tertiary alicyclic amines) is 1. The minimum atomic E-state index is -2.89. The van der Waals surface area contributed by atoms with Crippen LogP contribution in [-0.4, -0.2) is 81.4 Å². The van der Waals surface area contributed by atoms with Crippen molar-refractivity contribution in [1.29, 1.82) is 0 Å². The lowest BCUT2D eigenvalue weighted by Gasteiger charge is -2.23. The predicted octanol–water partition coefficient (Wildman–Crippen LogP) is 0.0975. The first-order chi connectivity index (χ1) is 10.5. The van der Waals surface area contributed by atoms with Gasteiger partial charge in [-0.1, -0.05) is 12.8 Å². The molecule has 2 aliphatic heterocycles. The van der Waals surface area contributed by atoms with E-state index in [0.29, 0.717) is 13.0 Å². The van der Waals surface area contributed by atoms with Gasteiger partial charge in [0.05, 0.1) is 18.1 Å². The molecule has 0 aromatic heterocycles. The van der Waals surface area contributed by atoms with Crippen LogP contribution >= 0.6 is 0 Å². The zero-order chi connectivity index (χ0) is 16.0. The molecule has 2 rings (SSSR count). The Hall–Kier alpha value is -0.660. The van der Waals surface area contributed by atoms with Gasteiger partial charge in [-0.25, -0.2) is 8.42 Å². The van der Waals surface area contributed by atoms with Crippen molar-refractivity contribution in [3.63, 3.8) is 0 Å². The summed E-state index contributed by atoms with van der Waals surface area (Å²) < 4.78 is 22.9.